The van der Waals surface area contributed by atoms with Crippen LogP contribution in [0.5, 0.6) is 0 Å². The lowest BCUT2D eigenvalue weighted by atomic mass is 9.72. The number of nitrogens with one attached hydrogen (secondary N) is 1. The van der Waals surface area contributed by atoms with E-state index in [1.165, 1.54) is 22.3 Å². The molecule has 0 bridgehead atoms. The Balaban J connectivity index is 1.02. The number of aliphatic carboxylic acids is 1. The van der Waals surface area contributed by atoms with Crippen LogP contribution in [-0.4, -0.2) is 54.2 Å². The highest BCUT2D eigenvalue weighted by molar-refractivity contribution is 5.83. The number of rotatable bonds is 8. The summed E-state index contributed by atoms with van der Waals surface area (Å²) < 4.78 is 5.59. The normalized spacial score (nSPS) is 21.8. The number of carbonyl (C=O) groups excluding carboxylic acids is 2. The maximum Gasteiger partial charge on any atom is 0.407 e. The zero-order valence-electron chi connectivity index (χ0n) is 20.0. The minimum absolute atomic E-state index is 0.0429. The largest absolute Gasteiger partial charge is 0.481 e. The third-order valence-electron chi connectivity index (χ3n) is 8.15. The molecule has 2 aromatic rings. The Morgan fingerprint density at radius 3 is 2.17 bits per heavy atom. The van der Waals surface area contributed by atoms with Gasteiger partial charge in [-0.2, -0.15) is 0 Å². The fourth-order valence-corrected chi connectivity index (χ4v) is 5.83. The van der Waals surface area contributed by atoms with Crippen molar-refractivity contribution in [3.63, 3.8) is 0 Å². The van der Waals surface area contributed by atoms with Crippen LogP contribution in [0.4, 0.5) is 4.79 Å². The van der Waals surface area contributed by atoms with Gasteiger partial charge in [-0.25, -0.2) is 4.79 Å². The van der Waals surface area contributed by atoms with E-state index >= 15 is 0 Å². The molecule has 2 fully saturated rings. The van der Waals surface area contributed by atoms with E-state index < -0.39 is 17.5 Å². The number of likely N-dealkylation sites (tertiary alicyclic amines) is 1. The molecule has 1 saturated carbocycles. The molecule has 1 heterocycles. The van der Waals surface area contributed by atoms with Crippen LogP contribution in [0.15, 0.2) is 48.5 Å². The molecule has 0 spiro atoms. The van der Waals surface area contributed by atoms with Crippen LogP contribution in [0.3, 0.4) is 0 Å². The van der Waals surface area contributed by atoms with Crippen molar-refractivity contribution in [3.05, 3.63) is 59.7 Å². The standard InChI is InChI=1S/C28H32N2O5/c1-2-28(26(32)33)16-30(17-28)25(31)13-18-11-19(12-18)14-29-27(34)35-15-24-22-9-5-3-7-20(22)21-8-4-6-10-23(21)24/h3-10,18-19,24H,2,11-17H2,1H3,(H,29,34)(H,32,33). The minimum atomic E-state index is -0.813. The number of benzene rings is 2. The molecule has 3 aliphatic rings. The molecule has 7 nitrogen and oxygen atoms in total. The number of ether oxygens (including phenoxy) is 1. The first-order chi connectivity index (χ1) is 16.9. The van der Waals surface area contributed by atoms with E-state index in [9.17, 15) is 19.5 Å². The Morgan fingerprint density at radius 1 is 1.00 bits per heavy atom. The Kier molecular flexibility index (Phi) is 6.26. The average molecular weight is 477 g/mol. The van der Waals surface area contributed by atoms with E-state index in [2.05, 4.69) is 29.6 Å². The van der Waals surface area contributed by atoms with Gasteiger partial charge < -0.3 is 20.1 Å². The number of carboxylic acids is 1. The van der Waals surface area contributed by atoms with Gasteiger partial charge in [-0.3, -0.25) is 9.59 Å². The van der Waals surface area contributed by atoms with Crippen LogP contribution in [0, 0.1) is 17.3 Å². The number of fused-ring (bicyclic) bond motifs is 3. The molecule has 0 aromatic heterocycles. The monoisotopic (exact) mass is 476 g/mol. The first kappa shape index (κ1) is 23.4. The lowest BCUT2D eigenvalue weighted by Gasteiger charge is -2.47. The van der Waals surface area contributed by atoms with Crippen molar-refractivity contribution in [2.75, 3.05) is 26.2 Å². The highest BCUT2D eigenvalue weighted by Gasteiger charge is 2.50. The summed E-state index contributed by atoms with van der Waals surface area (Å²) >= 11 is 0. The first-order valence-corrected chi connectivity index (χ1v) is 12.5. The number of carboxylic acid groups (broad SMARTS) is 1. The van der Waals surface area contributed by atoms with Crippen LogP contribution in [0.25, 0.3) is 11.1 Å². The molecule has 5 rings (SSSR count). The third-order valence-corrected chi connectivity index (χ3v) is 8.15. The van der Waals surface area contributed by atoms with E-state index in [0.29, 0.717) is 50.9 Å². The fourth-order valence-electron chi connectivity index (χ4n) is 5.83. The molecule has 2 amide bonds. The molecular weight excluding hydrogens is 444 g/mol. The highest BCUT2D eigenvalue weighted by Crippen LogP contribution is 2.44. The van der Waals surface area contributed by atoms with E-state index in [1.54, 1.807) is 4.90 Å². The molecule has 1 saturated heterocycles. The van der Waals surface area contributed by atoms with Gasteiger partial charge in [0.2, 0.25) is 5.91 Å². The molecule has 184 valence electrons. The maximum atomic E-state index is 12.5. The summed E-state index contributed by atoms with van der Waals surface area (Å²) in [4.78, 5) is 37.9. The van der Waals surface area contributed by atoms with Gasteiger partial charge >= 0.3 is 12.1 Å². The molecule has 35 heavy (non-hydrogen) atoms. The first-order valence-electron chi connectivity index (χ1n) is 12.5. The number of carbonyl (C=O) groups is 3. The van der Waals surface area contributed by atoms with Gasteiger partial charge in [0.15, 0.2) is 0 Å². The van der Waals surface area contributed by atoms with Crippen molar-refractivity contribution in [2.45, 2.75) is 38.5 Å². The van der Waals surface area contributed by atoms with Gasteiger partial charge in [-0.05, 0) is 53.4 Å². The Labute approximate surface area is 205 Å². The van der Waals surface area contributed by atoms with Gasteiger partial charge in [-0.15, -0.1) is 0 Å². The topological polar surface area (TPSA) is 95.9 Å². The predicted octanol–water partition coefficient (Wildman–Crippen LogP) is 4.26. The lowest BCUT2D eigenvalue weighted by molar-refractivity contribution is -0.167. The Bertz CT molecular complexity index is 1090. The summed E-state index contributed by atoms with van der Waals surface area (Å²) in [5, 5.41) is 12.2. The predicted molar refractivity (Wildman–Crippen MR) is 131 cm³/mol. The second-order valence-corrected chi connectivity index (χ2v) is 10.3. The van der Waals surface area contributed by atoms with Crippen LogP contribution < -0.4 is 5.32 Å². The summed E-state index contributed by atoms with van der Waals surface area (Å²) in [7, 11) is 0. The molecule has 7 heteroatoms. The smallest absolute Gasteiger partial charge is 0.407 e. The van der Waals surface area contributed by atoms with E-state index in [1.807, 2.05) is 31.2 Å². The summed E-state index contributed by atoms with van der Waals surface area (Å²) in [6.45, 7) is 3.33. The van der Waals surface area contributed by atoms with Crippen LogP contribution in [0.1, 0.15) is 49.7 Å². The lowest BCUT2D eigenvalue weighted by Crippen LogP contribution is -2.62. The molecule has 2 N–H and O–H groups in total. The summed E-state index contributed by atoms with van der Waals surface area (Å²) in [5.41, 5.74) is 4.03. The number of amides is 2. The number of nitrogens with zero attached hydrogens (tertiary/aromatic N) is 1. The summed E-state index contributed by atoms with van der Waals surface area (Å²) in [6, 6.07) is 16.5. The van der Waals surface area contributed by atoms with Crippen molar-refractivity contribution < 1.29 is 24.2 Å². The summed E-state index contributed by atoms with van der Waals surface area (Å²) in [5.74, 6) is -0.0756. The molecule has 2 aliphatic carbocycles. The van der Waals surface area contributed by atoms with Crippen molar-refractivity contribution in [1.29, 1.82) is 0 Å². The second kappa shape index (κ2) is 9.36. The minimum Gasteiger partial charge on any atom is -0.481 e. The van der Waals surface area contributed by atoms with Gasteiger partial charge in [0.25, 0.3) is 0 Å². The molecule has 0 unspecified atom stereocenters. The van der Waals surface area contributed by atoms with Gasteiger partial charge in [0.1, 0.15) is 12.0 Å². The van der Waals surface area contributed by atoms with Crippen molar-refractivity contribution in [2.24, 2.45) is 17.3 Å². The van der Waals surface area contributed by atoms with E-state index in [0.717, 1.165) is 12.8 Å². The zero-order valence-corrected chi connectivity index (χ0v) is 20.0. The quantitative estimate of drug-likeness (QED) is 0.593. The number of hydrogen-bond donors (Lipinski definition) is 2. The molecule has 0 atom stereocenters. The Morgan fingerprint density at radius 2 is 1.60 bits per heavy atom. The third kappa shape index (κ3) is 4.40. The highest BCUT2D eigenvalue weighted by atomic mass is 16.5. The maximum absolute atomic E-state index is 12.5. The van der Waals surface area contributed by atoms with Crippen molar-refractivity contribution in [3.8, 4) is 11.1 Å². The van der Waals surface area contributed by atoms with Crippen molar-refractivity contribution >= 4 is 18.0 Å². The van der Waals surface area contributed by atoms with E-state index in [4.69, 9.17) is 4.74 Å². The number of alkyl carbamates (subject to hydrolysis) is 1. The van der Waals surface area contributed by atoms with Crippen LogP contribution in [-0.2, 0) is 14.3 Å². The Hall–Kier alpha value is -3.35. The SMILES string of the molecule is CCC1(C(=O)O)CN(C(=O)CC2CC(CNC(=O)OCC3c4ccccc4-c4ccccc43)C2)C1. The van der Waals surface area contributed by atoms with Gasteiger partial charge in [0.05, 0.1) is 0 Å². The number of hydrogen-bond acceptors (Lipinski definition) is 4. The fraction of sp³-hybridized carbons (Fsp3) is 0.464. The molecule has 2 aromatic carbocycles. The van der Waals surface area contributed by atoms with Crippen LogP contribution in [0.2, 0.25) is 0 Å². The molecule has 0 radical (unpaired) electrons. The van der Waals surface area contributed by atoms with Crippen LogP contribution >= 0.6 is 0 Å². The second-order valence-electron chi connectivity index (χ2n) is 10.3. The van der Waals surface area contributed by atoms with E-state index in [-0.39, 0.29) is 11.8 Å². The molecular formula is C28H32N2O5. The average Bonchev–Trinajstić information content (AvgIpc) is 3.12. The van der Waals surface area contributed by atoms with Crippen molar-refractivity contribution in [1.82, 2.24) is 10.2 Å². The summed E-state index contributed by atoms with van der Waals surface area (Å²) in [6.07, 6.45) is 2.37. The van der Waals surface area contributed by atoms with Gasteiger partial charge in [0, 0.05) is 32.0 Å². The van der Waals surface area contributed by atoms with Gasteiger partial charge in [-0.1, -0.05) is 55.5 Å². The molecule has 1 aliphatic heterocycles. The zero-order chi connectivity index (χ0) is 24.6.